The van der Waals surface area contributed by atoms with Crippen molar-refractivity contribution in [2.24, 2.45) is 5.73 Å². The van der Waals surface area contributed by atoms with Crippen molar-refractivity contribution in [3.05, 3.63) is 0 Å². The molecule has 0 bridgehead atoms. The Hall–Kier alpha value is -0.280. The average molecular weight is 267 g/mol. The highest BCUT2D eigenvalue weighted by atomic mass is 16.6. The maximum absolute atomic E-state index is 8.59. The molecule has 1 atom stereocenters. The summed E-state index contributed by atoms with van der Waals surface area (Å²) in [5.41, 5.74) is 5.47. The zero-order chi connectivity index (χ0) is 13.5. The second-order valence-electron chi connectivity index (χ2n) is 3.48. The van der Waals surface area contributed by atoms with Gasteiger partial charge in [0, 0.05) is 6.54 Å². The topological polar surface area (TPSA) is 103 Å². The van der Waals surface area contributed by atoms with Crippen LogP contribution in [0.15, 0.2) is 0 Å². The molecule has 0 aromatic carbocycles. The molecular weight excluding hydrogens is 242 g/mol. The minimum absolute atomic E-state index is 0.0204. The van der Waals surface area contributed by atoms with Gasteiger partial charge in [0.25, 0.3) is 0 Å². The largest absolute Gasteiger partial charge is 0.394 e. The number of aliphatic hydroxyl groups is 2. The summed E-state index contributed by atoms with van der Waals surface area (Å²) in [4.78, 5) is 0. The first kappa shape index (κ1) is 17.7. The lowest BCUT2D eigenvalue weighted by Gasteiger charge is -2.15. The Labute approximate surface area is 108 Å². The summed E-state index contributed by atoms with van der Waals surface area (Å²) in [5.74, 6) is 0. The predicted molar refractivity (Wildman–Crippen MR) is 65.4 cm³/mol. The van der Waals surface area contributed by atoms with E-state index in [1.54, 1.807) is 0 Å². The number of ether oxygens (including phenoxy) is 4. The van der Waals surface area contributed by atoms with E-state index in [1.807, 2.05) is 0 Å². The summed E-state index contributed by atoms with van der Waals surface area (Å²) in [6, 6.07) is 0. The van der Waals surface area contributed by atoms with Gasteiger partial charge in [0.1, 0.15) is 0 Å². The van der Waals surface area contributed by atoms with Gasteiger partial charge in [-0.05, 0) is 0 Å². The van der Waals surface area contributed by atoms with Crippen molar-refractivity contribution in [1.82, 2.24) is 0 Å². The fourth-order valence-electron chi connectivity index (χ4n) is 1.12. The van der Waals surface area contributed by atoms with Crippen LogP contribution in [0.2, 0.25) is 0 Å². The van der Waals surface area contributed by atoms with Crippen LogP contribution in [0.1, 0.15) is 0 Å². The van der Waals surface area contributed by atoms with Gasteiger partial charge >= 0.3 is 0 Å². The highest BCUT2D eigenvalue weighted by Crippen LogP contribution is 1.91. The molecule has 0 spiro atoms. The highest BCUT2D eigenvalue weighted by molar-refractivity contribution is 4.56. The van der Waals surface area contributed by atoms with Gasteiger partial charge in [-0.1, -0.05) is 0 Å². The number of aliphatic hydroxyl groups excluding tert-OH is 2. The van der Waals surface area contributed by atoms with Crippen LogP contribution in [0.3, 0.4) is 0 Å². The average Bonchev–Trinajstić information content (AvgIpc) is 2.40. The van der Waals surface area contributed by atoms with E-state index >= 15 is 0 Å². The van der Waals surface area contributed by atoms with E-state index in [-0.39, 0.29) is 25.9 Å². The summed E-state index contributed by atoms with van der Waals surface area (Å²) < 4.78 is 20.8. The van der Waals surface area contributed by atoms with E-state index in [9.17, 15) is 0 Å². The third-order valence-corrected chi connectivity index (χ3v) is 1.99. The predicted octanol–water partition coefficient (Wildman–Crippen LogP) is -1.64. The Morgan fingerprint density at radius 3 is 1.89 bits per heavy atom. The summed E-state index contributed by atoms with van der Waals surface area (Å²) in [6.07, 6.45) is -0.190. The number of hydrogen-bond acceptors (Lipinski definition) is 7. The fourth-order valence-corrected chi connectivity index (χ4v) is 1.12. The van der Waals surface area contributed by atoms with Crippen LogP contribution < -0.4 is 5.73 Å². The monoisotopic (exact) mass is 267 g/mol. The maximum atomic E-state index is 8.59. The van der Waals surface area contributed by atoms with Crippen LogP contribution in [0.4, 0.5) is 0 Å². The second kappa shape index (κ2) is 14.8. The first-order chi connectivity index (χ1) is 8.85. The van der Waals surface area contributed by atoms with Gasteiger partial charge in [-0.15, -0.1) is 0 Å². The first-order valence-electron chi connectivity index (χ1n) is 6.11. The van der Waals surface area contributed by atoms with Crippen molar-refractivity contribution >= 4 is 0 Å². The number of hydrogen-bond donors (Lipinski definition) is 3. The number of rotatable bonds is 14. The van der Waals surface area contributed by atoms with E-state index in [0.717, 1.165) is 0 Å². The summed E-state index contributed by atoms with van der Waals surface area (Å²) in [7, 11) is 0. The van der Waals surface area contributed by atoms with E-state index < -0.39 is 0 Å². The van der Waals surface area contributed by atoms with Crippen molar-refractivity contribution in [2.45, 2.75) is 6.10 Å². The Morgan fingerprint density at radius 2 is 1.33 bits per heavy atom. The molecule has 7 nitrogen and oxygen atoms in total. The SMILES string of the molecule is NCC(COCCOCCOCCO)OCCO. The zero-order valence-corrected chi connectivity index (χ0v) is 10.8. The lowest BCUT2D eigenvalue weighted by molar-refractivity contribution is -0.0401. The molecule has 0 fully saturated rings. The Balaban J connectivity index is 3.17. The minimum Gasteiger partial charge on any atom is -0.394 e. The van der Waals surface area contributed by atoms with Gasteiger partial charge in [0.2, 0.25) is 0 Å². The van der Waals surface area contributed by atoms with Crippen LogP contribution >= 0.6 is 0 Å². The zero-order valence-electron chi connectivity index (χ0n) is 10.8. The van der Waals surface area contributed by atoms with Crippen LogP contribution in [0, 0.1) is 0 Å². The first-order valence-corrected chi connectivity index (χ1v) is 6.11. The van der Waals surface area contributed by atoms with Crippen molar-refractivity contribution in [1.29, 1.82) is 0 Å². The summed E-state index contributed by atoms with van der Waals surface area (Å²) >= 11 is 0. The minimum atomic E-state index is -0.190. The molecule has 0 aliphatic rings. The van der Waals surface area contributed by atoms with Crippen molar-refractivity contribution < 1.29 is 29.2 Å². The summed E-state index contributed by atoms with van der Waals surface area (Å²) in [6.45, 7) is 3.22. The molecule has 4 N–H and O–H groups in total. The van der Waals surface area contributed by atoms with Crippen molar-refractivity contribution in [3.8, 4) is 0 Å². The van der Waals surface area contributed by atoms with Crippen molar-refractivity contribution in [2.75, 3.05) is 66.0 Å². The Morgan fingerprint density at radius 1 is 0.778 bits per heavy atom. The molecule has 18 heavy (non-hydrogen) atoms. The van der Waals surface area contributed by atoms with Crippen LogP contribution in [-0.2, 0) is 18.9 Å². The summed E-state index contributed by atoms with van der Waals surface area (Å²) in [5, 5.41) is 17.0. The molecule has 0 aromatic heterocycles. The molecule has 7 heteroatoms. The van der Waals surface area contributed by atoms with E-state index in [2.05, 4.69) is 0 Å². The van der Waals surface area contributed by atoms with Gasteiger partial charge in [0.05, 0.1) is 65.6 Å². The van der Waals surface area contributed by atoms with E-state index in [4.69, 9.17) is 34.9 Å². The van der Waals surface area contributed by atoms with Gasteiger partial charge < -0.3 is 34.9 Å². The third kappa shape index (κ3) is 12.2. The molecule has 0 amide bonds. The Kier molecular flexibility index (Phi) is 14.5. The van der Waals surface area contributed by atoms with Gasteiger partial charge in [-0.2, -0.15) is 0 Å². The highest BCUT2D eigenvalue weighted by Gasteiger charge is 2.06. The van der Waals surface area contributed by atoms with Crippen LogP contribution in [0.5, 0.6) is 0 Å². The standard InChI is InChI=1S/C11H25NO6/c12-9-11(18-4-2-14)10-17-8-7-16-6-5-15-3-1-13/h11,13-14H,1-10,12H2. The molecule has 0 radical (unpaired) electrons. The van der Waals surface area contributed by atoms with Crippen LogP contribution in [-0.4, -0.2) is 82.3 Å². The molecule has 1 unspecified atom stereocenters. The van der Waals surface area contributed by atoms with Crippen LogP contribution in [0.25, 0.3) is 0 Å². The normalized spacial score (nSPS) is 12.8. The van der Waals surface area contributed by atoms with E-state index in [0.29, 0.717) is 46.2 Å². The number of nitrogens with two attached hydrogens (primary N) is 1. The third-order valence-electron chi connectivity index (χ3n) is 1.99. The second-order valence-corrected chi connectivity index (χ2v) is 3.48. The van der Waals surface area contributed by atoms with Gasteiger partial charge in [0.15, 0.2) is 0 Å². The van der Waals surface area contributed by atoms with Gasteiger partial charge in [-0.3, -0.25) is 0 Å². The van der Waals surface area contributed by atoms with Crippen molar-refractivity contribution in [3.63, 3.8) is 0 Å². The molecule has 110 valence electrons. The molecule has 0 aromatic rings. The molecule has 0 aliphatic carbocycles. The van der Waals surface area contributed by atoms with Gasteiger partial charge in [-0.25, -0.2) is 0 Å². The smallest absolute Gasteiger partial charge is 0.0931 e. The van der Waals surface area contributed by atoms with E-state index in [1.165, 1.54) is 0 Å². The lowest BCUT2D eigenvalue weighted by Crippen LogP contribution is -2.30. The maximum Gasteiger partial charge on any atom is 0.0931 e. The molecule has 0 saturated heterocycles. The lowest BCUT2D eigenvalue weighted by atomic mass is 10.4. The molecule has 0 rings (SSSR count). The molecule has 0 heterocycles. The fraction of sp³-hybridized carbons (Fsp3) is 1.00. The quantitative estimate of drug-likeness (QED) is 0.324. The Bertz CT molecular complexity index is 160. The molecule has 0 aliphatic heterocycles. The molecule has 0 saturated carbocycles. The molecular formula is C11H25NO6.